The highest BCUT2D eigenvalue weighted by Gasteiger charge is 2.10. The van der Waals surface area contributed by atoms with Crippen LogP contribution in [0.15, 0.2) is 18.6 Å². The normalized spacial score (nSPS) is 10.6. The van der Waals surface area contributed by atoms with E-state index in [0.29, 0.717) is 5.82 Å². The molecule has 0 saturated carbocycles. The fraction of sp³-hybridized carbons (Fsp3) is 0.364. The molecule has 84 valence electrons. The van der Waals surface area contributed by atoms with Gasteiger partial charge < -0.3 is 5.73 Å². The van der Waals surface area contributed by atoms with Gasteiger partial charge in [-0.1, -0.05) is 13.3 Å². The minimum atomic E-state index is 0.542. The number of rotatable bonds is 3. The van der Waals surface area contributed by atoms with Crippen LogP contribution in [0.4, 0.5) is 5.82 Å². The van der Waals surface area contributed by atoms with Gasteiger partial charge in [0.1, 0.15) is 12.1 Å². The summed E-state index contributed by atoms with van der Waals surface area (Å²) >= 11 is 0. The van der Waals surface area contributed by atoms with Crippen LogP contribution in [0.3, 0.4) is 0 Å². The van der Waals surface area contributed by atoms with Crippen molar-refractivity contribution in [1.29, 1.82) is 0 Å². The number of aryl methyl sites for hydroxylation is 1. The highest BCUT2D eigenvalue weighted by atomic mass is 15.3. The molecule has 2 aromatic rings. The third kappa shape index (κ3) is 1.88. The molecule has 16 heavy (non-hydrogen) atoms. The third-order valence-electron chi connectivity index (χ3n) is 2.40. The van der Waals surface area contributed by atoms with Crippen LogP contribution in [0.2, 0.25) is 0 Å². The molecule has 0 amide bonds. The van der Waals surface area contributed by atoms with Crippen molar-refractivity contribution in [3.05, 3.63) is 29.8 Å². The molecule has 0 unspecified atom stereocenters. The smallest absolute Gasteiger partial charge is 0.161 e. The van der Waals surface area contributed by atoms with E-state index < -0.39 is 0 Å². The number of aromatic nitrogens is 4. The predicted octanol–water partition coefficient (Wildman–Crippen LogP) is 1.51. The summed E-state index contributed by atoms with van der Waals surface area (Å²) in [4.78, 5) is 8.27. The van der Waals surface area contributed by atoms with Crippen molar-refractivity contribution < 1.29 is 0 Å². The summed E-state index contributed by atoms with van der Waals surface area (Å²) in [6, 6.07) is 1.94. The van der Waals surface area contributed by atoms with Gasteiger partial charge in [0.15, 0.2) is 5.82 Å². The lowest BCUT2D eigenvalue weighted by Gasteiger charge is -2.09. The first-order valence-electron chi connectivity index (χ1n) is 5.34. The molecule has 2 aromatic heterocycles. The van der Waals surface area contributed by atoms with Crippen LogP contribution in [0.5, 0.6) is 0 Å². The molecule has 0 aliphatic carbocycles. The number of nitrogens with zero attached hydrogens (tertiary/aromatic N) is 4. The summed E-state index contributed by atoms with van der Waals surface area (Å²) in [6.45, 7) is 4.05. The zero-order valence-electron chi connectivity index (χ0n) is 9.51. The zero-order chi connectivity index (χ0) is 11.5. The van der Waals surface area contributed by atoms with E-state index in [1.807, 2.05) is 19.2 Å². The summed E-state index contributed by atoms with van der Waals surface area (Å²) in [5.74, 6) is 1.32. The summed E-state index contributed by atoms with van der Waals surface area (Å²) in [5.41, 5.74) is 7.78. The number of hydrogen-bond acceptors (Lipinski definition) is 4. The maximum Gasteiger partial charge on any atom is 0.161 e. The molecule has 2 heterocycles. The Labute approximate surface area is 94.3 Å². The standard InChI is InChI=1S/C11H15N5/c1-3-4-9-10(12)13-7-14-11(9)16-6-5-8(2)15-16/h5-7H,3-4H2,1-2H3,(H2,12,13,14). The van der Waals surface area contributed by atoms with Gasteiger partial charge >= 0.3 is 0 Å². The van der Waals surface area contributed by atoms with Gasteiger partial charge in [0.25, 0.3) is 0 Å². The van der Waals surface area contributed by atoms with Crippen LogP contribution in [-0.4, -0.2) is 19.7 Å². The van der Waals surface area contributed by atoms with Gasteiger partial charge in [0.2, 0.25) is 0 Å². The number of anilines is 1. The van der Waals surface area contributed by atoms with E-state index in [1.165, 1.54) is 6.33 Å². The number of hydrogen-bond donors (Lipinski definition) is 1. The van der Waals surface area contributed by atoms with E-state index in [1.54, 1.807) is 4.68 Å². The van der Waals surface area contributed by atoms with E-state index in [0.717, 1.165) is 29.9 Å². The van der Waals surface area contributed by atoms with E-state index >= 15 is 0 Å². The fourth-order valence-corrected chi connectivity index (χ4v) is 1.64. The molecule has 2 N–H and O–H groups in total. The van der Waals surface area contributed by atoms with Crippen molar-refractivity contribution in [3.63, 3.8) is 0 Å². The molecule has 0 radical (unpaired) electrons. The topological polar surface area (TPSA) is 69.6 Å². The van der Waals surface area contributed by atoms with Gasteiger partial charge in [0, 0.05) is 11.8 Å². The predicted molar refractivity (Wildman–Crippen MR) is 62.3 cm³/mol. The molecule has 0 aromatic carbocycles. The maximum absolute atomic E-state index is 5.86. The quantitative estimate of drug-likeness (QED) is 0.846. The third-order valence-corrected chi connectivity index (χ3v) is 2.40. The van der Waals surface area contributed by atoms with Crippen molar-refractivity contribution in [2.24, 2.45) is 0 Å². The zero-order valence-corrected chi connectivity index (χ0v) is 9.51. The number of nitrogens with two attached hydrogens (primary N) is 1. The van der Waals surface area contributed by atoms with Gasteiger partial charge in [-0.3, -0.25) is 0 Å². The van der Waals surface area contributed by atoms with Gasteiger partial charge in [-0.05, 0) is 19.4 Å². The van der Waals surface area contributed by atoms with Crippen LogP contribution < -0.4 is 5.73 Å². The summed E-state index contributed by atoms with van der Waals surface area (Å²) in [5, 5.41) is 4.34. The maximum atomic E-state index is 5.86. The van der Waals surface area contributed by atoms with Crippen LogP contribution >= 0.6 is 0 Å². The second-order valence-electron chi connectivity index (χ2n) is 3.71. The average molecular weight is 217 g/mol. The highest BCUT2D eigenvalue weighted by Crippen LogP contribution is 2.17. The van der Waals surface area contributed by atoms with Crippen LogP contribution in [0, 0.1) is 6.92 Å². The minimum Gasteiger partial charge on any atom is -0.383 e. The Balaban J connectivity index is 2.51. The van der Waals surface area contributed by atoms with E-state index in [4.69, 9.17) is 5.73 Å². The van der Waals surface area contributed by atoms with E-state index in [9.17, 15) is 0 Å². The first-order valence-corrected chi connectivity index (χ1v) is 5.34. The molecule has 0 aliphatic heterocycles. The Morgan fingerprint density at radius 1 is 1.38 bits per heavy atom. The van der Waals surface area contributed by atoms with Crippen molar-refractivity contribution >= 4 is 5.82 Å². The van der Waals surface area contributed by atoms with Crippen molar-refractivity contribution in [1.82, 2.24) is 19.7 Å². The summed E-state index contributed by atoms with van der Waals surface area (Å²) in [6.07, 6.45) is 5.23. The molecule has 0 spiro atoms. The van der Waals surface area contributed by atoms with Crippen LogP contribution in [0.1, 0.15) is 24.6 Å². The van der Waals surface area contributed by atoms with Gasteiger partial charge in [-0.25, -0.2) is 14.6 Å². The molecular formula is C11H15N5. The Morgan fingerprint density at radius 2 is 2.19 bits per heavy atom. The van der Waals surface area contributed by atoms with Crippen LogP contribution in [-0.2, 0) is 6.42 Å². The first kappa shape index (κ1) is 10.6. The molecule has 0 saturated heterocycles. The lowest BCUT2D eigenvalue weighted by molar-refractivity contribution is 0.793. The molecule has 5 nitrogen and oxygen atoms in total. The minimum absolute atomic E-state index is 0.542. The molecular weight excluding hydrogens is 202 g/mol. The number of nitrogen functional groups attached to an aromatic ring is 1. The van der Waals surface area contributed by atoms with Gasteiger partial charge in [0.05, 0.1) is 5.69 Å². The lowest BCUT2D eigenvalue weighted by Crippen LogP contribution is -2.08. The van der Waals surface area contributed by atoms with Gasteiger partial charge in [-0.15, -0.1) is 0 Å². The van der Waals surface area contributed by atoms with Crippen molar-refractivity contribution in [2.75, 3.05) is 5.73 Å². The van der Waals surface area contributed by atoms with E-state index in [-0.39, 0.29) is 0 Å². The fourth-order valence-electron chi connectivity index (χ4n) is 1.64. The van der Waals surface area contributed by atoms with Gasteiger partial charge in [-0.2, -0.15) is 5.10 Å². The molecule has 0 aliphatic rings. The Bertz CT molecular complexity index is 489. The second-order valence-corrected chi connectivity index (χ2v) is 3.71. The Hall–Kier alpha value is -1.91. The SMILES string of the molecule is CCCc1c(N)ncnc1-n1ccc(C)n1. The highest BCUT2D eigenvalue weighted by molar-refractivity contribution is 5.48. The molecule has 2 rings (SSSR count). The second kappa shape index (κ2) is 4.30. The molecule has 0 bridgehead atoms. The monoisotopic (exact) mass is 217 g/mol. The molecule has 0 atom stereocenters. The molecule has 5 heteroatoms. The lowest BCUT2D eigenvalue weighted by atomic mass is 10.1. The summed E-state index contributed by atoms with van der Waals surface area (Å²) < 4.78 is 1.75. The largest absolute Gasteiger partial charge is 0.383 e. The first-order chi connectivity index (χ1) is 7.72. The van der Waals surface area contributed by atoms with Crippen molar-refractivity contribution in [2.45, 2.75) is 26.7 Å². The Kier molecular flexibility index (Phi) is 2.85. The molecule has 0 fully saturated rings. The average Bonchev–Trinajstić information content (AvgIpc) is 2.68. The van der Waals surface area contributed by atoms with Crippen molar-refractivity contribution in [3.8, 4) is 5.82 Å². The van der Waals surface area contributed by atoms with E-state index in [2.05, 4.69) is 22.0 Å². The summed E-state index contributed by atoms with van der Waals surface area (Å²) in [7, 11) is 0. The Morgan fingerprint density at radius 3 is 2.81 bits per heavy atom. The van der Waals surface area contributed by atoms with Crippen LogP contribution in [0.25, 0.3) is 5.82 Å².